The maximum Gasteiger partial charge on any atom is 0.172 e. The van der Waals surface area contributed by atoms with Gasteiger partial charge in [-0.1, -0.05) is 0 Å². The lowest BCUT2D eigenvalue weighted by Gasteiger charge is -2.35. The van der Waals surface area contributed by atoms with Crippen molar-refractivity contribution < 1.29 is 18.6 Å². The Labute approximate surface area is 117 Å². The fraction of sp³-hybridized carbons (Fsp3) is 0.571. The third kappa shape index (κ3) is 3.08. The number of aliphatic hydroxyl groups excluding tert-OH is 1. The quantitative estimate of drug-likeness (QED) is 0.856. The van der Waals surface area contributed by atoms with Gasteiger partial charge >= 0.3 is 0 Å². The minimum absolute atomic E-state index is 0.0136. The van der Waals surface area contributed by atoms with Crippen LogP contribution in [0.1, 0.15) is 18.0 Å². The largest absolute Gasteiger partial charge is 0.494 e. The first-order valence-electron chi connectivity index (χ1n) is 6.76. The molecule has 112 valence electrons. The highest BCUT2D eigenvalue weighted by Crippen LogP contribution is 2.33. The summed E-state index contributed by atoms with van der Waals surface area (Å²) < 4.78 is 33.4. The van der Waals surface area contributed by atoms with E-state index in [4.69, 9.17) is 4.74 Å². The van der Waals surface area contributed by atoms with E-state index in [1.165, 1.54) is 19.2 Å². The molecule has 4 nitrogen and oxygen atoms in total. The second-order valence-corrected chi connectivity index (χ2v) is 4.79. The molecule has 1 aromatic rings. The van der Waals surface area contributed by atoms with Crippen LogP contribution in [-0.2, 0) is 0 Å². The normalized spacial score (nSPS) is 18.0. The van der Waals surface area contributed by atoms with E-state index in [9.17, 15) is 13.9 Å². The van der Waals surface area contributed by atoms with E-state index in [0.29, 0.717) is 19.5 Å². The van der Waals surface area contributed by atoms with Gasteiger partial charge < -0.3 is 15.2 Å². The van der Waals surface area contributed by atoms with E-state index in [0.717, 1.165) is 13.1 Å². The maximum absolute atomic E-state index is 14.4. The first-order valence-corrected chi connectivity index (χ1v) is 6.76. The Morgan fingerprint density at radius 1 is 1.35 bits per heavy atom. The van der Waals surface area contributed by atoms with E-state index in [-0.39, 0.29) is 17.9 Å². The molecule has 0 unspecified atom stereocenters. The van der Waals surface area contributed by atoms with Gasteiger partial charge in [-0.2, -0.15) is 0 Å². The fourth-order valence-corrected chi connectivity index (χ4v) is 2.64. The summed E-state index contributed by atoms with van der Waals surface area (Å²) in [5, 5.41) is 12.4. The Kier molecular flexibility index (Phi) is 5.28. The smallest absolute Gasteiger partial charge is 0.172 e. The first kappa shape index (κ1) is 15.2. The highest BCUT2D eigenvalue weighted by molar-refractivity contribution is 5.34. The summed E-state index contributed by atoms with van der Waals surface area (Å²) in [5.74, 6) is -1.25. The monoisotopic (exact) mass is 286 g/mol. The molecule has 0 amide bonds. The zero-order valence-electron chi connectivity index (χ0n) is 11.5. The predicted molar refractivity (Wildman–Crippen MR) is 71.8 cm³/mol. The van der Waals surface area contributed by atoms with Crippen LogP contribution in [0.25, 0.3) is 0 Å². The van der Waals surface area contributed by atoms with Crippen LogP contribution in [0.15, 0.2) is 12.1 Å². The number of hydrogen-bond donors (Lipinski definition) is 2. The van der Waals surface area contributed by atoms with E-state index in [1.807, 2.05) is 4.90 Å². The molecule has 0 saturated carbocycles. The number of rotatable bonds is 5. The Bertz CT molecular complexity index is 451. The number of piperazine rings is 1. The minimum Gasteiger partial charge on any atom is -0.494 e. The van der Waals surface area contributed by atoms with E-state index < -0.39 is 17.7 Å². The topological polar surface area (TPSA) is 44.7 Å². The van der Waals surface area contributed by atoms with Crippen molar-refractivity contribution in [2.75, 3.05) is 39.9 Å². The molecule has 1 fully saturated rings. The average molecular weight is 286 g/mol. The van der Waals surface area contributed by atoms with E-state index in [1.54, 1.807) is 0 Å². The summed E-state index contributed by atoms with van der Waals surface area (Å²) in [6.45, 7) is 2.82. The molecule has 0 aromatic heterocycles. The number of aliphatic hydroxyl groups is 1. The van der Waals surface area contributed by atoms with Gasteiger partial charge in [0.25, 0.3) is 0 Å². The molecule has 2 rings (SSSR count). The van der Waals surface area contributed by atoms with Gasteiger partial charge in [-0.25, -0.2) is 8.78 Å². The van der Waals surface area contributed by atoms with Gasteiger partial charge in [0.15, 0.2) is 11.6 Å². The SMILES string of the molecule is COc1ccc(F)c([C@H](CCO)N2CCNCC2)c1F. The van der Waals surface area contributed by atoms with Crippen molar-refractivity contribution in [2.45, 2.75) is 12.5 Å². The van der Waals surface area contributed by atoms with Crippen molar-refractivity contribution in [3.8, 4) is 5.75 Å². The Morgan fingerprint density at radius 3 is 2.65 bits per heavy atom. The molecule has 6 heteroatoms. The number of nitrogens with one attached hydrogen (secondary N) is 1. The Morgan fingerprint density at radius 2 is 2.05 bits per heavy atom. The van der Waals surface area contributed by atoms with E-state index in [2.05, 4.69) is 5.32 Å². The molecule has 1 atom stereocenters. The van der Waals surface area contributed by atoms with E-state index >= 15 is 0 Å². The van der Waals surface area contributed by atoms with Gasteiger partial charge in [0.1, 0.15) is 5.82 Å². The fourth-order valence-electron chi connectivity index (χ4n) is 2.64. The summed E-state index contributed by atoms with van der Waals surface area (Å²) in [4.78, 5) is 1.99. The molecule has 0 aliphatic carbocycles. The Balaban J connectivity index is 2.37. The van der Waals surface area contributed by atoms with Crippen LogP contribution in [0.5, 0.6) is 5.75 Å². The molecule has 1 aliphatic heterocycles. The molecular weight excluding hydrogens is 266 g/mol. The van der Waals surface area contributed by atoms with Gasteiger partial charge in [-0.05, 0) is 18.6 Å². The third-order valence-corrected chi connectivity index (χ3v) is 3.64. The van der Waals surface area contributed by atoms with Crippen LogP contribution >= 0.6 is 0 Å². The van der Waals surface area contributed by atoms with Crippen LogP contribution in [0.3, 0.4) is 0 Å². The van der Waals surface area contributed by atoms with Crippen LogP contribution in [0.4, 0.5) is 8.78 Å². The highest BCUT2D eigenvalue weighted by Gasteiger charge is 2.28. The van der Waals surface area contributed by atoms with Crippen molar-refractivity contribution in [1.82, 2.24) is 10.2 Å². The molecule has 1 aliphatic rings. The van der Waals surface area contributed by atoms with Gasteiger partial charge in [0, 0.05) is 44.4 Å². The zero-order valence-corrected chi connectivity index (χ0v) is 11.5. The standard InChI is InChI=1S/C14H20F2N2O2/c1-20-12-3-2-10(15)13(14(12)16)11(4-9-19)18-7-5-17-6-8-18/h2-3,11,17,19H,4-9H2,1H3/t11-/m0/s1. The third-order valence-electron chi connectivity index (χ3n) is 3.64. The lowest BCUT2D eigenvalue weighted by atomic mass is 9.99. The molecule has 20 heavy (non-hydrogen) atoms. The number of nitrogens with zero attached hydrogens (tertiary/aromatic N) is 1. The summed E-state index contributed by atoms with van der Waals surface area (Å²) in [6, 6.07) is 2.02. The Hall–Kier alpha value is -1.24. The molecule has 0 radical (unpaired) electrons. The summed E-state index contributed by atoms with van der Waals surface area (Å²) in [7, 11) is 1.35. The first-order chi connectivity index (χ1) is 9.69. The molecule has 0 spiro atoms. The van der Waals surface area contributed by atoms with Gasteiger partial charge in [-0.15, -0.1) is 0 Å². The molecule has 1 heterocycles. The minimum atomic E-state index is -0.676. The van der Waals surface area contributed by atoms with Crippen molar-refractivity contribution in [2.24, 2.45) is 0 Å². The summed E-state index contributed by atoms with van der Waals surface area (Å²) in [5.41, 5.74) is -0.0136. The zero-order chi connectivity index (χ0) is 14.5. The number of hydrogen-bond acceptors (Lipinski definition) is 4. The van der Waals surface area contributed by atoms with Crippen LogP contribution < -0.4 is 10.1 Å². The van der Waals surface area contributed by atoms with Crippen LogP contribution in [0.2, 0.25) is 0 Å². The summed E-state index contributed by atoms with van der Waals surface area (Å²) >= 11 is 0. The van der Waals surface area contributed by atoms with Crippen molar-refractivity contribution in [3.05, 3.63) is 29.3 Å². The van der Waals surface area contributed by atoms with Crippen molar-refractivity contribution in [1.29, 1.82) is 0 Å². The van der Waals surface area contributed by atoms with Crippen LogP contribution in [0, 0.1) is 11.6 Å². The van der Waals surface area contributed by atoms with Gasteiger partial charge in [-0.3, -0.25) is 4.90 Å². The van der Waals surface area contributed by atoms with Crippen molar-refractivity contribution >= 4 is 0 Å². The van der Waals surface area contributed by atoms with Gasteiger partial charge in [0.2, 0.25) is 0 Å². The number of methoxy groups -OCH3 is 1. The number of ether oxygens (including phenoxy) is 1. The molecule has 1 aromatic carbocycles. The number of halogens is 2. The lowest BCUT2D eigenvalue weighted by molar-refractivity contribution is 0.135. The maximum atomic E-state index is 14.4. The van der Waals surface area contributed by atoms with Gasteiger partial charge in [0.05, 0.1) is 7.11 Å². The molecule has 1 saturated heterocycles. The van der Waals surface area contributed by atoms with Crippen LogP contribution in [-0.4, -0.2) is 49.9 Å². The molecular formula is C14H20F2N2O2. The predicted octanol–water partition coefficient (Wildman–Crippen LogP) is 1.30. The second-order valence-electron chi connectivity index (χ2n) is 4.79. The lowest BCUT2D eigenvalue weighted by Crippen LogP contribution is -2.45. The van der Waals surface area contributed by atoms with Crippen molar-refractivity contribution in [3.63, 3.8) is 0 Å². The molecule has 0 bridgehead atoms. The number of benzene rings is 1. The molecule has 2 N–H and O–H groups in total. The second kappa shape index (κ2) is 6.97. The summed E-state index contributed by atoms with van der Waals surface area (Å²) in [6.07, 6.45) is 0.293. The highest BCUT2D eigenvalue weighted by atomic mass is 19.1. The average Bonchev–Trinajstić information content (AvgIpc) is 2.47.